The molecule has 1 saturated heterocycles. The molecule has 1 unspecified atom stereocenters. The molecule has 0 saturated carbocycles. The van der Waals surface area contributed by atoms with E-state index < -0.39 is 50.8 Å². The van der Waals surface area contributed by atoms with Crippen LogP contribution in [-0.2, 0) is 27.9 Å². The van der Waals surface area contributed by atoms with Crippen molar-refractivity contribution in [3.05, 3.63) is 22.9 Å². The van der Waals surface area contributed by atoms with Gasteiger partial charge in [0.15, 0.2) is 28.5 Å². The molecular weight excluding hydrogens is 531 g/mol. The van der Waals surface area contributed by atoms with Gasteiger partial charge in [-0.15, -0.1) is 0 Å². The van der Waals surface area contributed by atoms with Gasteiger partial charge in [0, 0.05) is 12.7 Å². The second-order valence-electron chi connectivity index (χ2n) is 13.4. The SMILES string of the molecule is CC1=CNC(=O)N([C@@H]2O[C@H](CO[Si](C)(C)C(C)(C)C)C3(OS(=O)(=O)C=C3N)[C@H]2O[Si](C)(C)C(C)(C)C)C1. The number of carbonyl (C=O) groups excluding carboxylic acids is 1. The molecule has 1 spiro atoms. The summed E-state index contributed by atoms with van der Waals surface area (Å²) < 4.78 is 51.3. The van der Waals surface area contributed by atoms with Crippen molar-refractivity contribution in [3.8, 4) is 0 Å². The Hall–Kier alpha value is -1.23. The Balaban J connectivity index is 2.14. The zero-order valence-corrected chi connectivity index (χ0v) is 26.9. The molecule has 3 aliphatic rings. The zero-order valence-electron chi connectivity index (χ0n) is 24.1. The maximum Gasteiger partial charge on any atom is 0.323 e. The van der Waals surface area contributed by atoms with Crippen LogP contribution in [0.15, 0.2) is 22.9 Å². The Kier molecular flexibility index (Phi) is 7.75. The summed E-state index contributed by atoms with van der Waals surface area (Å²) >= 11 is 0. The molecule has 0 aromatic carbocycles. The second-order valence-corrected chi connectivity index (χ2v) is 24.3. The van der Waals surface area contributed by atoms with Gasteiger partial charge in [-0.25, -0.2) is 8.98 Å². The van der Waals surface area contributed by atoms with E-state index in [1.165, 1.54) is 4.90 Å². The number of amides is 2. The third-order valence-corrected chi connectivity index (χ3v) is 18.5. The highest BCUT2D eigenvalue weighted by atomic mass is 32.2. The molecule has 0 aromatic rings. The molecular formula is C24H45N3O7SSi2. The van der Waals surface area contributed by atoms with Crippen LogP contribution in [0.4, 0.5) is 4.79 Å². The highest BCUT2D eigenvalue weighted by molar-refractivity contribution is 7.90. The molecule has 10 nitrogen and oxygen atoms in total. The van der Waals surface area contributed by atoms with Gasteiger partial charge in [0.05, 0.1) is 17.7 Å². The molecule has 2 amide bonds. The van der Waals surface area contributed by atoms with Crippen molar-refractivity contribution in [2.45, 2.75) is 109 Å². The van der Waals surface area contributed by atoms with Crippen molar-refractivity contribution in [2.75, 3.05) is 13.2 Å². The fourth-order valence-electron chi connectivity index (χ4n) is 4.10. The summed E-state index contributed by atoms with van der Waals surface area (Å²) in [7, 11) is -8.92. The van der Waals surface area contributed by atoms with E-state index in [2.05, 4.69) is 73.0 Å². The van der Waals surface area contributed by atoms with Crippen LogP contribution in [0.1, 0.15) is 48.5 Å². The topological polar surface area (TPSA) is 129 Å². The van der Waals surface area contributed by atoms with Crippen molar-refractivity contribution in [1.29, 1.82) is 0 Å². The molecule has 37 heavy (non-hydrogen) atoms. The van der Waals surface area contributed by atoms with Crippen LogP contribution in [0, 0.1) is 0 Å². The first-order valence-corrected chi connectivity index (χ1v) is 20.0. The van der Waals surface area contributed by atoms with Gasteiger partial charge in [0.25, 0.3) is 10.1 Å². The lowest BCUT2D eigenvalue weighted by molar-refractivity contribution is -0.0749. The number of nitrogens with one attached hydrogen (secondary N) is 1. The minimum atomic E-state index is -4.11. The normalized spacial score (nSPS) is 30.9. The van der Waals surface area contributed by atoms with E-state index in [1.54, 1.807) is 6.20 Å². The molecule has 3 aliphatic heterocycles. The van der Waals surface area contributed by atoms with Crippen molar-refractivity contribution in [3.63, 3.8) is 0 Å². The summed E-state index contributed by atoms with van der Waals surface area (Å²) in [6, 6.07) is -0.371. The first kappa shape index (κ1) is 30.3. The van der Waals surface area contributed by atoms with E-state index in [1.807, 2.05) is 6.92 Å². The highest BCUT2D eigenvalue weighted by Crippen LogP contribution is 2.50. The summed E-state index contributed by atoms with van der Waals surface area (Å²) in [5, 5.41) is 3.37. The predicted molar refractivity (Wildman–Crippen MR) is 148 cm³/mol. The molecule has 0 aromatic heterocycles. The number of hydrogen-bond acceptors (Lipinski definition) is 8. The average Bonchev–Trinajstić information content (AvgIpc) is 3.13. The summed E-state index contributed by atoms with van der Waals surface area (Å²) in [5.74, 6) is 0. The Labute approximate surface area is 224 Å². The van der Waals surface area contributed by atoms with Crippen molar-refractivity contribution in [1.82, 2.24) is 10.2 Å². The van der Waals surface area contributed by atoms with Crippen molar-refractivity contribution in [2.24, 2.45) is 5.73 Å². The van der Waals surface area contributed by atoms with Crippen LogP contribution in [-0.4, -0.2) is 73.2 Å². The summed E-state index contributed by atoms with van der Waals surface area (Å²) in [6.45, 7) is 23.2. The summed E-state index contributed by atoms with van der Waals surface area (Å²) in [6.07, 6.45) is -1.22. The highest BCUT2D eigenvalue weighted by Gasteiger charge is 2.68. The van der Waals surface area contributed by atoms with Gasteiger partial charge in [0.2, 0.25) is 0 Å². The molecule has 0 radical (unpaired) electrons. The number of nitrogens with two attached hydrogens (primary N) is 1. The lowest BCUT2D eigenvalue weighted by Crippen LogP contribution is -2.62. The third-order valence-electron chi connectivity index (χ3n) is 8.50. The van der Waals surface area contributed by atoms with E-state index in [-0.39, 0.29) is 35.0 Å². The average molecular weight is 576 g/mol. The van der Waals surface area contributed by atoms with E-state index >= 15 is 0 Å². The molecule has 13 heteroatoms. The Bertz CT molecular complexity index is 1090. The summed E-state index contributed by atoms with van der Waals surface area (Å²) in [5.41, 5.74) is 5.71. The third kappa shape index (κ3) is 5.59. The van der Waals surface area contributed by atoms with Gasteiger partial charge in [-0.1, -0.05) is 41.5 Å². The molecule has 0 bridgehead atoms. The molecule has 1 fully saturated rings. The van der Waals surface area contributed by atoms with Gasteiger partial charge in [-0.05, 0) is 48.8 Å². The first-order valence-electron chi connectivity index (χ1n) is 12.7. The molecule has 0 aliphatic carbocycles. The van der Waals surface area contributed by atoms with Crippen molar-refractivity contribution >= 4 is 32.8 Å². The minimum Gasteiger partial charge on any atom is -0.414 e. The van der Waals surface area contributed by atoms with Crippen LogP contribution < -0.4 is 11.1 Å². The van der Waals surface area contributed by atoms with Gasteiger partial charge >= 0.3 is 6.03 Å². The van der Waals surface area contributed by atoms with Crippen LogP contribution in [0.2, 0.25) is 36.3 Å². The fraction of sp³-hybridized carbons (Fsp3) is 0.792. The van der Waals surface area contributed by atoms with E-state index in [0.29, 0.717) is 0 Å². The minimum absolute atomic E-state index is 0.00720. The van der Waals surface area contributed by atoms with E-state index in [4.69, 9.17) is 23.5 Å². The number of ether oxygens (including phenoxy) is 1. The van der Waals surface area contributed by atoms with Crippen LogP contribution in [0.25, 0.3) is 0 Å². The maximum absolute atomic E-state index is 13.0. The lowest BCUT2D eigenvalue weighted by atomic mass is 9.89. The quantitative estimate of drug-likeness (QED) is 0.360. The monoisotopic (exact) mass is 575 g/mol. The lowest BCUT2D eigenvalue weighted by Gasteiger charge is -2.45. The number of carbonyl (C=O) groups is 1. The van der Waals surface area contributed by atoms with Gasteiger partial charge in [-0.2, -0.15) is 8.42 Å². The van der Waals surface area contributed by atoms with E-state index in [0.717, 1.165) is 11.0 Å². The van der Waals surface area contributed by atoms with Gasteiger partial charge in [-0.3, -0.25) is 4.90 Å². The number of rotatable bonds is 6. The Morgan fingerprint density at radius 3 is 2.19 bits per heavy atom. The molecule has 3 rings (SSSR count). The molecule has 4 atom stereocenters. The largest absolute Gasteiger partial charge is 0.414 e. The molecule has 212 valence electrons. The second kappa shape index (κ2) is 9.45. The predicted octanol–water partition coefficient (Wildman–Crippen LogP) is 3.95. The zero-order chi connectivity index (χ0) is 28.4. The van der Waals surface area contributed by atoms with Gasteiger partial charge < -0.3 is 24.6 Å². The maximum atomic E-state index is 13.0. The van der Waals surface area contributed by atoms with Crippen LogP contribution in [0.3, 0.4) is 0 Å². The first-order chi connectivity index (χ1) is 16.5. The van der Waals surface area contributed by atoms with Crippen molar-refractivity contribution < 1.29 is 31.0 Å². The summed E-state index contributed by atoms with van der Waals surface area (Å²) in [4.78, 5) is 14.5. The number of urea groups is 1. The fourth-order valence-corrected chi connectivity index (χ4v) is 7.61. The Morgan fingerprint density at radius 1 is 1.14 bits per heavy atom. The number of nitrogens with zero attached hydrogens (tertiary/aromatic N) is 1. The smallest absolute Gasteiger partial charge is 0.323 e. The van der Waals surface area contributed by atoms with Crippen LogP contribution >= 0.6 is 0 Å². The van der Waals surface area contributed by atoms with Gasteiger partial charge in [0.1, 0.15) is 12.2 Å². The van der Waals surface area contributed by atoms with E-state index in [9.17, 15) is 13.2 Å². The molecule has 3 heterocycles. The molecule has 3 N–H and O–H groups in total. The standard InChI is InChI=1S/C24H45N3O7SSi2/c1-16-12-26-21(28)27(13-16)20-19(33-37(10,11)23(5,6)7)24(17(25)15-35(29,30)34-24)18(32-20)14-31-36(8,9)22(2,3)4/h12,15,18-20H,13-14,25H2,1-11H3,(H,26,28)/t18-,19+,20-,24?/m1/s1. The Morgan fingerprint density at radius 2 is 1.70 bits per heavy atom. The van der Waals surface area contributed by atoms with Crippen LogP contribution in [0.5, 0.6) is 0 Å². The number of hydrogen-bond donors (Lipinski definition) is 2.